The molecule has 1 aliphatic rings. The SMILES string of the molecule is O=C(NCc1ccccn1)Nc1cc(N2C[C@@H](c3ccccc3F)CC2=O)ccn1. The first-order chi connectivity index (χ1) is 14.6. The molecule has 2 aromatic heterocycles. The first kappa shape index (κ1) is 19.5. The predicted molar refractivity (Wildman–Crippen MR) is 110 cm³/mol. The summed E-state index contributed by atoms with van der Waals surface area (Å²) in [5.41, 5.74) is 1.87. The minimum atomic E-state index is -0.428. The van der Waals surface area contributed by atoms with Gasteiger partial charge in [0.25, 0.3) is 0 Å². The van der Waals surface area contributed by atoms with Crippen LogP contribution in [0, 0.1) is 5.82 Å². The Morgan fingerprint density at radius 3 is 2.73 bits per heavy atom. The molecule has 3 amide bonds. The number of carbonyl (C=O) groups is 2. The summed E-state index contributed by atoms with van der Waals surface area (Å²) in [5, 5.41) is 5.36. The molecule has 152 valence electrons. The van der Waals surface area contributed by atoms with E-state index in [0.717, 1.165) is 5.69 Å². The van der Waals surface area contributed by atoms with E-state index in [0.29, 0.717) is 23.6 Å². The Bertz CT molecular complexity index is 1060. The predicted octanol–water partition coefficient (Wildman–Crippen LogP) is 3.46. The monoisotopic (exact) mass is 405 g/mol. The van der Waals surface area contributed by atoms with Crippen molar-refractivity contribution in [3.63, 3.8) is 0 Å². The highest BCUT2D eigenvalue weighted by atomic mass is 19.1. The van der Waals surface area contributed by atoms with Gasteiger partial charge in [-0.15, -0.1) is 0 Å². The minimum Gasteiger partial charge on any atom is -0.332 e. The molecular formula is C22H20FN5O2. The number of hydrogen-bond donors (Lipinski definition) is 2. The molecule has 1 aromatic carbocycles. The molecule has 0 spiro atoms. The van der Waals surface area contributed by atoms with Crippen molar-refractivity contribution in [1.82, 2.24) is 15.3 Å². The van der Waals surface area contributed by atoms with Gasteiger partial charge in [-0.2, -0.15) is 0 Å². The van der Waals surface area contributed by atoms with Crippen LogP contribution in [0.15, 0.2) is 67.0 Å². The lowest BCUT2D eigenvalue weighted by molar-refractivity contribution is -0.117. The van der Waals surface area contributed by atoms with E-state index >= 15 is 0 Å². The Balaban J connectivity index is 1.41. The molecule has 4 rings (SSSR count). The highest BCUT2D eigenvalue weighted by Crippen LogP contribution is 2.33. The average molecular weight is 405 g/mol. The van der Waals surface area contributed by atoms with Crippen LogP contribution in [0.25, 0.3) is 0 Å². The first-order valence-electron chi connectivity index (χ1n) is 9.56. The van der Waals surface area contributed by atoms with Crippen molar-refractivity contribution in [2.24, 2.45) is 0 Å². The third-order valence-electron chi connectivity index (χ3n) is 4.92. The van der Waals surface area contributed by atoms with Crippen molar-refractivity contribution in [2.45, 2.75) is 18.9 Å². The van der Waals surface area contributed by atoms with E-state index in [9.17, 15) is 14.0 Å². The van der Waals surface area contributed by atoms with Crippen molar-refractivity contribution < 1.29 is 14.0 Å². The Hall–Kier alpha value is -3.81. The zero-order valence-electron chi connectivity index (χ0n) is 16.1. The normalized spacial score (nSPS) is 15.8. The molecule has 0 unspecified atom stereocenters. The van der Waals surface area contributed by atoms with Crippen molar-refractivity contribution >= 4 is 23.4 Å². The molecule has 8 heteroatoms. The van der Waals surface area contributed by atoms with Gasteiger partial charge in [-0.1, -0.05) is 24.3 Å². The second-order valence-electron chi connectivity index (χ2n) is 6.95. The number of urea groups is 1. The molecule has 30 heavy (non-hydrogen) atoms. The van der Waals surface area contributed by atoms with Gasteiger partial charge in [0.2, 0.25) is 5.91 Å². The lowest BCUT2D eigenvalue weighted by atomic mass is 9.98. The maximum absolute atomic E-state index is 14.1. The molecule has 0 bridgehead atoms. The molecule has 3 aromatic rings. The zero-order chi connectivity index (χ0) is 20.9. The van der Waals surface area contributed by atoms with Gasteiger partial charge in [0.1, 0.15) is 11.6 Å². The van der Waals surface area contributed by atoms with Crippen LogP contribution in [0.3, 0.4) is 0 Å². The molecule has 1 atom stereocenters. The van der Waals surface area contributed by atoms with Crippen molar-refractivity contribution in [1.29, 1.82) is 0 Å². The number of halogens is 1. The maximum atomic E-state index is 14.1. The zero-order valence-corrected chi connectivity index (χ0v) is 16.1. The number of aromatic nitrogens is 2. The van der Waals surface area contributed by atoms with Crippen LogP contribution in [0.1, 0.15) is 23.6 Å². The van der Waals surface area contributed by atoms with Gasteiger partial charge in [0.15, 0.2) is 0 Å². The smallest absolute Gasteiger partial charge is 0.320 e. The number of hydrogen-bond acceptors (Lipinski definition) is 4. The molecule has 0 aliphatic carbocycles. The van der Waals surface area contributed by atoms with Crippen LogP contribution in [-0.4, -0.2) is 28.5 Å². The summed E-state index contributed by atoms with van der Waals surface area (Å²) in [6, 6.07) is 14.9. The van der Waals surface area contributed by atoms with E-state index in [1.54, 1.807) is 47.5 Å². The highest BCUT2D eigenvalue weighted by Gasteiger charge is 2.33. The summed E-state index contributed by atoms with van der Waals surface area (Å²) < 4.78 is 14.1. The van der Waals surface area contributed by atoms with Crippen LogP contribution in [0.4, 0.5) is 20.7 Å². The third-order valence-corrected chi connectivity index (χ3v) is 4.92. The fourth-order valence-electron chi connectivity index (χ4n) is 3.46. The number of anilines is 2. The van der Waals surface area contributed by atoms with E-state index in [-0.39, 0.29) is 30.6 Å². The Kier molecular flexibility index (Phi) is 5.65. The van der Waals surface area contributed by atoms with Crippen LogP contribution in [0.5, 0.6) is 0 Å². The Labute approximate surface area is 173 Å². The number of carbonyl (C=O) groups excluding carboxylic acids is 2. The van der Waals surface area contributed by atoms with Gasteiger partial charge < -0.3 is 10.2 Å². The number of benzene rings is 1. The van der Waals surface area contributed by atoms with Gasteiger partial charge in [-0.25, -0.2) is 14.2 Å². The van der Waals surface area contributed by atoms with E-state index < -0.39 is 6.03 Å². The van der Waals surface area contributed by atoms with E-state index in [2.05, 4.69) is 20.6 Å². The van der Waals surface area contributed by atoms with Crippen LogP contribution >= 0.6 is 0 Å². The summed E-state index contributed by atoms with van der Waals surface area (Å²) in [6.45, 7) is 0.649. The molecule has 3 heterocycles. The summed E-state index contributed by atoms with van der Waals surface area (Å²) in [4.78, 5) is 34.6. The number of nitrogens with one attached hydrogen (secondary N) is 2. The fourth-order valence-corrected chi connectivity index (χ4v) is 3.46. The average Bonchev–Trinajstić information content (AvgIpc) is 3.15. The summed E-state index contributed by atoms with van der Waals surface area (Å²) in [6.07, 6.45) is 3.41. The van der Waals surface area contributed by atoms with Crippen LogP contribution in [0.2, 0.25) is 0 Å². The van der Waals surface area contributed by atoms with E-state index in [1.165, 1.54) is 12.3 Å². The number of amides is 3. The second-order valence-corrected chi connectivity index (χ2v) is 6.95. The molecule has 0 radical (unpaired) electrons. The molecule has 1 saturated heterocycles. The first-order valence-corrected chi connectivity index (χ1v) is 9.56. The summed E-state index contributed by atoms with van der Waals surface area (Å²) >= 11 is 0. The summed E-state index contributed by atoms with van der Waals surface area (Å²) in [5.74, 6) is -0.308. The van der Waals surface area contributed by atoms with Gasteiger partial charge in [-0.3, -0.25) is 15.1 Å². The largest absolute Gasteiger partial charge is 0.332 e. The lowest BCUT2D eigenvalue weighted by Crippen LogP contribution is -2.29. The molecular weight excluding hydrogens is 385 g/mol. The minimum absolute atomic E-state index is 0.0972. The molecule has 7 nitrogen and oxygen atoms in total. The Morgan fingerprint density at radius 1 is 1.10 bits per heavy atom. The van der Waals surface area contributed by atoms with Crippen molar-refractivity contribution in [2.75, 3.05) is 16.8 Å². The quantitative estimate of drug-likeness (QED) is 0.681. The number of rotatable bonds is 5. The maximum Gasteiger partial charge on any atom is 0.320 e. The lowest BCUT2D eigenvalue weighted by Gasteiger charge is -2.18. The standard InChI is InChI=1S/C22H20FN5O2/c23-19-7-2-1-6-18(19)15-11-21(29)28(14-15)17-8-10-25-20(12-17)27-22(30)26-13-16-5-3-4-9-24-16/h1-10,12,15H,11,13-14H2,(H2,25,26,27,30)/t15-/m0/s1. The second kappa shape index (κ2) is 8.69. The van der Waals surface area contributed by atoms with E-state index in [4.69, 9.17) is 0 Å². The Morgan fingerprint density at radius 2 is 1.93 bits per heavy atom. The van der Waals surface area contributed by atoms with E-state index in [1.807, 2.05) is 12.1 Å². The van der Waals surface area contributed by atoms with Crippen molar-refractivity contribution in [3.05, 3.63) is 84.1 Å². The topological polar surface area (TPSA) is 87.2 Å². The molecule has 1 fully saturated rings. The number of nitrogens with zero attached hydrogens (tertiary/aromatic N) is 3. The summed E-state index contributed by atoms with van der Waals surface area (Å²) in [7, 11) is 0. The van der Waals surface area contributed by atoms with Crippen molar-refractivity contribution in [3.8, 4) is 0 Å². The van der Waals surface area contributed by atoms with Gasteiger partial charge in [-0.05, 0) is 29.8 Å². The van der Waals surface area contributed by atoms with Crippen LogP contribution < -0.4 is 15.5 Å². The van der Waals surface area contributed by atoms with Gasteiger partial charge in [0, 0.05) is 43.0 Å². The third kappa shape index (κ3) is 4.43. The van der Waals surface area contributed by atoms with Gasteiger partial charge >= 0.3 is 6.03 Å². The molecule has 2 N–H and O–H groups in total. The number of pyridine rings is 2. The fraction of sp³-hybridized carbons (Fsp3) is 0.182. The highest BCUT2D eigenvalue weighted by molar-refractivity contribution is 5.97. The molecule has 1 aliphatic heterocycles. The van der Waals surface area contributed by atoms with Gasteiger partial charge in [0.05, 0.1) is 12.2 Å². The van der Waals surface area contributed by atoms with Crippen LogP contribution in [-0.2, 0) is 11.3 Å². The molecule has 0 saturated carbocycles.